The lowest BCUT2D eigenvalue weighted by molar-refractivity contribution is -0.156. The van der Waals surface area contributed by atoms with Crippen LogP contribution in [0, 0.1) is 5.41 Å². The quantitative estimate of drug-likeness (QED) is 0.421. The second-order valence-electron chi connectivity index (χ2n) is 4.72. The van der Waals surface area contributed by atoms with Crippen LogP contribution in [0.25, 0.3) is 0 Å². The van der Waals surface area contributed by atoms with Crippen LogP contribution >= 0.6 is 0 Å². The van der Waals surface area contributed by atoms with Crippen LogP contribution in [0.3, 0.4) is 0 Å². The fourth-order valence-corrected chi connectivity index (χ4v) is 2.20. The molecule has 1 saturated carbocycles. The zero-order valence-corrected chi connectivity index (χ0v) is 10.3. The van der Waals surface area contributed by atoms with Crippen LogP contribution in [0.4, 0.5) is 5.69 Å². The van der Waals surface area contributed by atoms with E-state index in [0.29, 0.717) is 12.8 Å². The summed E-state index contributed by atoms with van der Waals surface area (Å²) in [6.45, 7) is 0. The number of nitrogens with two attached hydrogens (primary N) is 2. The highest BCUT2D eigenvalue weighted by Crippen LogP contribution is 2.38. The number of aliphatic hydroxyl groups excluding tert-OH is 1. The summed E-state index contributed by atoms with van der Waals surface area (Å²) in [5.41, 5.74) is 9.63. The molecule has 104 valence electrons. The second kappa shape index (κ2) is 4.88. The van der Waals surface area contributed by atoms with Crippen molar-refractivity contribution in [1.29, 1.82) is 0 Å². The maximum Gasteiger partial charge on any atom is 0.328 e. The fraction of sp³-hybridized carbons (Fsp3) is 0.545. The SMILES string of the molecule is NC(=O)C1(C(=O)Oc2[nH]ncc2N)CCC(O)CC1. The molecule has 0 radical (unpaired) electrons. The van der Waals surface area contributed by atoms with Gasteiger partial charge in [-0.05, 0) is 25.7 Å². The van der Waals surface area contributed by atoms with Gasteiger partial charge >= 0.3 is 5.97 Å². The Bertz CT molecular complexity index is 491. The molecular formula is C11H16N4O4. The van der Waals surface area contributed by atoms with E-state index in [1.165, 1.54) is 6.20 Å². The molecule has 1 heterocycles. The molecule has 2 rings (SSSR count). The number of aliphatic hydroxyl groups is 1. The Hall–Kier alpha value is -2.09. The Morgan fingerprint density at radius 2 is 2.11 bits per heavy atom. The number of anilines is 1. The Labute approximate surface area is 109 Å². The molecule has 0 aromatic carbocycles. The topological polar surface area (TPSA) is 144 Å². The summed E-state index contributed by atoms with van der Waals surface area (Å²) in [4.78, 5) is 23.8. The number of carbonyl (C=O) groups is 2. The molecule has 1 aromatic rings. The van der Waals surface area contributed by atoms with Crippen molar-refractivity contribution in [2.45, 2.75) is 31.8 Å². The van der Waals surface area contributed by atoms with Crippen LogP contribution in [0.5, 0.6) is 5.88 Å². The Morgan fingerprint density at radius 3 is 2.58 bits per heavy atom. The molecule has 0 saturated heterocycles. The van der Waals surface area contributed by atoms with Gasteiger partial charge in [0.05, 0.1) is 12.3 Å². The third kappa shape index (κ3) is 2.39. The van der Waals surface area contributed by atoms with Crippen LogP contribution in [-0.2, 0) is 9.59 Å². The van der Waals surface area contributed by atoms with Gasteiger partial charge < -0.3 is 21.3 Å². The predicted molar refractivity (Wildman–Crippen MR) is 64.7 cm³/mol. The van der Waals surface area contributed by atoms with Gasteiger partial charge in [-0.15, -0.1) is 0 Å². The number of ether oxygens (including phenoxy) is 1. The number of nitrogen functional groups attached to an aromatic ring is 1. The molecule has 1 amide bonds. The van der Waals surface area contributed by atoms with E-state index in [1.54, 1.807) is 0 Å². The van der Waals surface area contributed by atoms with E-state index in [4.69, 9.17) is 16.2 Å². The Balaban J connectivity index is 2.18. The highest BCUT2D eigenvalue weighted by molar-refractivity contribution is 6.02. The van der Waals surface area contributed by atoms with Crippen molar-refractivity contribution in [3.8, 4) is 5.88 Å². The fourth-order valence-electron chi connectivity index (χ4n) is 2.20. The lowest BCUT2D eigenvalue weighted by Crippen LogP contribution is -2.49. The number of rotatable bonds is 3. The maximum atomic E-state index is 12.2. The molecule has 0 atom stereocenters. The summed E-state index contributed by atoms with van der Waals surface area (Å²) in [7, 11) is 0. The summed E-state index contributed by atoms with van der Waals surface area (Å²) in [5, 5.41) is 15.5. The highest BCUT2D eigenvalue weighted by Gasteiger charge is 2.48. The minimum absolute atomic E-state index is 0.00301. The molecule has 1 fully saturated rings. The first kappa shape index (κ1) is 13.3. The summed E-state index contributed by atoms with van der Waals surface area (Å²) in [6, 6.07) is 0. The molecular weight excluding hydrogens is 252 g/mol. The average molecular weight is 268 g/mol. The van der Waals surface area contributed by atoms with Gasteiger partial charge in [0.25, 0.3) is 0 Å². The van der Waals surface area contributed by atoms with E-state index in [2.05, 4.69) is 10.2 Å². The van der Waals surface area contributed by atoms with Crippen LogP contribution in [0.15, 0.2) is 6.20 Å². The van der Waals surface area contributed by atoms with Gasteiger partial charge in [0.1, 0.15) is 11.1 Å². The normalized spacial score (nSPS) is 26.9. The number of carbonyl (C=O) groups excluding carboxylic acids is 2. The zero-order chi connectivity index (χ0) is 14.0. The van der Waals surface area contributed by atoms with Gasteiger partial charge in [-0.25, -0.2) is 5.10 Å². The van der Waals surface area contributed by atoms with Crippen molar-refractivity contribution in [3.63, 3.8) is 0 Å². The summed E-state index contributed by atoms with van der Waals surface area (Å²) in [5.74, 6) is -1.51. The molecule has 0 unspecified atom stereocenters. The Morgan fingerprint density at radius 1 is 1.47 bits per heavy atom. The summed E-state index contributed by atoms with van der Waals surface area (Å²) >= 11 is 0. The van der Waals surface area contributed by atoms with E-state index in [0.717, 1.165) is 0 Å². The van der Waals surface area contributed by atoms with E-state index in [9.17, 15) is 14.7 Å². The predicted octanol–water partition coefficient (Wildman–Crippen LogP) is -0.696. The number of aromatic nitrogens is 2. The smallest absolute Gasteiger partial charge is 0.328 e. The molecule has 0 aliphatic heterocycles. The van der Waals surface area contributed by atoms with Crippen molar-refractivity contribution in [1.82, 2.24) is 10.2 Å². The minimum atomic E-state index is -1.41. The summed E-state index contributed by atoms with van der Waals surface area (Å²) < 4.78 is 5.06. The van der Waals surface area contributed by atoms with Gasteiger partial charge in [-0.1, -0.05) is 0 Å². The van der Waals surface area contributed by atoms with Crippen molar-refractivity contribution < 1.29 is 19.4 Å². The number of aromatic amines is 1. The average Bonchev–Trinajstić information content (AvgIpc) is 2.76. The van der Waals surface area contributed by atoms with Gasteiger partial charge in [-0.3, -0.25) is 9.59 Å². The molecule has 1 aliphatic carbocycles. The van der Waals surface area contributed by atoms with Crippen molar-refractivity contribution in [2.75, 3.05) is 5.73 Å². The first-order valence-electron chi connectivity index (χ1n) is 5.95. The van der Waals surface area contributed by atoms with Gasteiger partial charge in [0.15, 0.2) is 0 Å². The number of primary amides is 1. The van der Waals surface area contributed by atoms with Crippen molar-refractivity contribution in [3.05, 3.63) is 6.20 Å². The first-order chi connectivity index (χ1) is 8.95. The number of amides is 1. The molecule has 8 nitrogen and oxygen atoms in total. The molecule has 0 spiro atoms. The zero-order valence-electron chi connectivity index (χ0n) is 10.3. The standard InChI is InChI=1S/C11H16N4O4/c12-7-5-14-15-8(7)19-10(18)11(9(13)17)3-1-6(16)2-4-11/h5-6,16H,1-4,12H2,(H2,13,17)(H,14,15). The van der Waals surface area contributed by atoms with Gasteiger partial charge in [0.2, 0.25) is 11.8 Å². The third-order valence-corrected chi connectivity index (χ3v) is 3.50. The Kier molecular flexibility index (Phi) is 3.43. The molecule has 0 bridgehead atoms. The van der Waals surface area contributed by atoms with Crippen LogP contribution in [-0.4, -0.2) is 33.3 Å². The highest BCUT2D eigenvalue weighted by atomic mass is 16.5. The number of hydrogen-bond acceptors (Lipinski definition) is 6. The number of esters is 1. The number of nitrogens with one attached hydrogen (secondary N) is 1. The number of hydrogen-bond donors (Lipinski definition) is 4. The van der Waals surface area contributed by atoms with E-state index in [-0.39, 0.29) is 24.4 Å². The van der Waals surface area contributed by atoms with E-state index in [1.807, 2.05) is 0 Å². The van der Waals surface area contributed by atoms with Gasteiger partial charge in [-0.2, -0.15) is 5.10 Å². The monoisotopic (exact) mass is 268 g/mol. The van der Waals surface area contributed by atoms with Crippen LogP contribution < -0.4 is 16.2 Å². The summed E-state index contributed by atoms with van der Waals surface area (Å²) in [6.07, 6.45) is 1.77. The molecule has 6 N–H and O–H groups in total. The third-order valence-electron chi connectivity index (χ3n) is 3.50. The first-order valence-corrected chi connectivity index (χ1v) is 5.95. The van der Waals surface area contributed by atoms with E-state index >= 15 is 0 Å². The van der Waals surface area contributed by atoms with Crippen LogP contribution in [0.1, 0.15) is 25.7 Å². The van der Waals surface area contributed by atoms with Gasteiger partial charge in [0, 0.05) is 0 Å². The molecule has 1 aromatic heterocycles. The van der Waals surface area contributed by atoms with Crippen molar-refractivity contribution >= 4 is 17.6 Å². The lowest BCUT2D eigenvalue weighted by Gasteiger charge is -2.33. The molecule has 19 heavy (non-hydrogen) atoms. The largest absolute Gasteiger partial charge is 0.405 e. The lowest BCUT2D eigenvalue weighted by atomic mass is 9.72. The number of nitrogens with zero attached hydrogens (tertiary/aromatic N) is 1. The maximum absolute atomic E-state index is 12.2. The molecule has 1 aliphatic rings. The number of H-pyrrole nitrogens is 1. The van der Waals surface area contributed by atoms with E-state index < -0.39 is 23.4 Å². The minimum Gasteiger partial charge on any atom is -0.405 e. The van der Waals surface area contributed by atoms with Crippen molar-refractivity contribution in [2.24, 2.45) is 11.1 Å². The molecule has 8 heteroatoms. The second-order valence-corrected chi connectivity index (χ2v) is 4.72. The van der Waals surface area contributed by atoms with Crippen LogP contribution in [0.2, 0.25) is 0 Å².